The summed E-state index contributed by atoms with van der Waals surface area (Å²) in [5.74, 6) is -0.387. The first-order chi connectivity index (χ1) is 16.4. The van der Waals surface area contributed by atoms with Crippen LogP contribution in [0.25, 0.3) is 11.3 Å². The van der Waals surface area contributed by atoms with E-state index in [9.17, 15) is 14.0 Å². The molecule has 172 valence electrons. The number of amides is 2. The molecule has 2 N–H and O–H groups in total. The smallest absolute Gasteiger partial charge is 0.236 e. The van der Waals surface area contributed by atoms with Gasteiger partial charge in [0, 0.05) is 26.5 Å². The molecule has 0 fully saturated rings. The lowest BCUT2D eigenvalue weighted by molar-refractivity contribution is -0.115. The van der Waals surface area contributed by atoms with Crippen LogP contribution in [-0.2, 0) is 16.0 Å². The van der Waals surface area contributed by atoms with Gasteiger partial charge in [-0.25, -0.2) is 9.37 Å². The quantitative estimate of drug-likeness (QED) is 0.264. The Kier molecular flexibility index (Phi) is 7.95. The molecule has 0 saturated carbocycles. The van der Waals surface area contributed by atoms with Crippen LogP contribution in [0, 0.1) is 5.82 Å². The number of rotatable bonds is 8. The van der Waals surface area contributed by atoms with E-state index in [0.29, 0.717) is 21.5 Å². The Morgan fingerprint density at radius 2 is 1.62 bits per heavy atom. The van der Waals surface area contributed by atoms with Crippen LogP contribution in [0.5, 0.6) is 0 Å². The topological polar surface area (TPSA) is 71.1 Å². The SMILES string of the molecule is O=C(Cc1ccc(Cl)cc1)Nc1ccc(SCC(=O)Nc2nc(-c3ccc(F)cc3)cs2)cc1. The molecule has 3 aromatic carbocycles. The molecule has 5 nitrogen and oxygen atoms in total. The lowest BCUT2D eigenvalue weighted by Crippen LogP contribution is -2.14. The van der Waals surface area contributed by atoms with Crippen molar-refractivity contribution in [3.63, 3.8) is 0 Å². The summed E-state index contributed by atoms with van der Waals surface area (Å²) in [5.41, 5.74) is 3.03. The fourth-order valence-corrected chi connectivity index (χ4v) is 4.58. The number of benzene rings is 3. The molecular formula is C25H19ClFN3O2S2. The number of nitrogens with zero attached hydrogens (tertiary/aromatic N) is 1. The minimum atomic E-state index is -0.308. The van der Waals surface area contributed by atoms with Crippen molar-refractivity contribution in [1.82, 2.24) is 4.98 Å². The Morgan fingerprint density at radius 1 is 0.912 bits per heavy atom. The molecule has 34 heavy (non-hydrogen) atoms. The minimum absolute atomic E-state index is 0.120. The summed E-state index contributed by atoms with van der Waals surface area (Å²) in [6.45, 7) is 0. The summed E-state index contributed by atoms with van der Waals surface area (Å²) in [5, 5.41) is 8.58. The number of aromatic nitrogens is 1. The average Bonchev–Trinajstić information content (AvgIpc) is 3.29. The fourth-order valence-electron chi connectivity index (χ4n) is 3.02. The number of thioether (sulfide) groups is 1. The van der Waals surface area contributed by atoms with Crippen molar-refractivity contribution in [2.45, 2.75) is 11.3 Å². The minimum Gasteiger partial charge on any atom is -0.326 e. The standard InChI is InChI=1S/C25H19ClFN3O2S2/c26-18-5-1-16(2-6-18)13-23(31)28-20-9-11-21(12-10-20)33-15-24(32)30-25-29-22(14-34-25)17-3-7-19(27)8-4-17/h1-12,14H,13,15H2,(H,28,31)(H,29,30,32). The van der Waals surface area contributed by atoms with Crippen molar-refractivity contribution in [3.05, 3.63) is 94.6 Å². The molecule has 0 saturated heterocycles. The summed E-state index contributed by atoms with van der Waals surface area (Å²) in [4.78, 5) is 29.8. The van der Waals surface area contributed by atoms with Gasteiger partial charge in [0.25, 0.3) is 0 Å². The van der Waals surface area contributed by atoms with Crippen LogP contribution in [-0.4, -0.2) is 22.6 Å². The zero-order valence-corrected chi connectivity index (χ0v) is 20.1. The highest BCUT2D eigenvalue weighted by atomic mass is 35.5. The lowest BCUT2D eigenvalue weighted by atomic mass is 10.1. The Balaban J connectivity index is 1.24. The molecule has 0 aliphatic rings. The van der Waals surface area contributed by atoms with Crippen LogP contribution in [0.2, 0.25) is 5.02 Å². The predicted molar refractivity (Wildman–Crippen MR) is 137 cm³/mol. The van der Waals surface area contributed by atoms with Crippen LogP contribution < -0.4 is 10.6 Å². The van der Waals surface area contributed by atoms with Crippen LogP contribution in [0.4, 0.5) is 15.2 Å². The first-order valence-corrected chi connectivity index (χ1v) is 12.5. The fraction of sp³-hybridized carbons (Fsp3) is 0.0800. The number of hydrogen-bond donors (Lipinski definition) is 2. The van der Waals surface area contributed by atoms with Gasteiger partial charge in [-0.15, -0.1) is 23.1 Å². The van der Waals surface area contributed by atoms with E-state index in [-0.39, 0.29) is 29.8 Å². The maximum Gasteiger partial charge on any atom is 0.236 e. The van der Waals surface area contributed by atoms with Gasteiger partial charge in [-0.3, -0.25) is 9.59 Å². The average molecular weight is 512 g/mol. The van der Waals surface area contributed by atoms with E-state index in [2.05, 4.69) is 15.6 Å². The highest BCUT2D eigenvalue weighted by Gasteiger charge is 2.10. The summed E-state index contributed by atoms with van der Waals surface area (Å²) in [7, 11) is 0. The van der Waals surface area contributed by atoms with Crippen molar-refractivity contribution < 1.29 is 14.0 Å². The van der Waals surface area contributed by atoms with Crippen molar-refractivity contribution in [1.29, 1.82) is 0 Å². The number of hydrogen-bond acceptors (Lipinski definition) is 5. The third-order valence-electron chi connectivity index (χ3n) is 4.68. The van der Waals surface area contributed by atoms with Crippen LogP contribution >= 0.6 is 34.7 Å². The number of thiazole rings is 1. The number of carbonyl (C=O) groups excluding carboxylic acids is 2. The van der Waals surface area contributed by atoms with E-state index < -0.39 is 0 Å². The van der Waals surface area contributed by atoms with Crippen LogP contribution in [0.15, 0.2) is 83.1 Å². The molecule has 0 spiro atoms. The van der Waals surface area contributed by atoms with Crippen molar-refractivity contribution in [2.75, 3.05) is 16.4 Å². The second-order valence-electron chi connectivity index (χ2n) is 7.26. The molecule has 9 heteroatoms. The van der Waals surface area contributed by atoms with Gasteiger partial charge < -0.3 is 10.6 Å². The zero-order valence-electron chi connectivity index (χ0n) is 17.8. The van der Waals surface area contributed by atoms with Crippen LogP contribution in [0.3, 0.4) is 0 Å². The Hall–Kier alpha value is -3.20. The third kappa shape index (κ3) is 6.90. The second-order valence-corrected chi connectivity index (χ2v) is 9.60. The number of anilines is 2. The number of halogens is 2. The lowest BCUT2D eigenvalue weighted by Gasteiger charge is -2.07. The van der Waals surface area contributed by atoms with E-state index in [0.717, 1.165) is 16.0 Å². The molecule has 0 atom stereocenters. The Morgan fingerprint density at radius 3 is 2.32 bits per heavy atom. The van der Waals surface area contributed by atoms with Gasteiger partial charge in [0.15, 0.2) is 5.13 Å². The van der Waals surface area contributed by atoms with Gasteiger partial charge in [0.2, 0.25) is 11.8 Å². The van der Waals surface area contributed by atoms with Gasteiger partial charge in [-0.2, -0.15) is 0 Å². The van der Waals surface area contributed by atoms with Crippen LogP contribution in [0.1, 0.15) is 5.56 Å². The Labute approximate surface area is 209 Å². The molecule has 2 amide bonds. The van der Waals surface area contributed by atoms with E-state index in [4.69, 9.17) is 11.6 Å². The first-order valence-electron chi connectivity index (χ1n) is 10.2. The summed E-state index contributed by atoms with van der Waals surface area (Å²) < 4.78 is 13.1. The van der Waals surface area contributed by atoms with Crippen molar-refractivity contribution in [3.8, 4) is 11.3 Å². The van der Waals surface area contributed by atoms with Gasteiger partial charge in [-0.1, -0.05) is 23.7 Å². The molecule has 1 aromatic heterocycles. The maximum absolute atomic E-state index is 13.1. The maximum atomic E-state index is 13.1. The molecule has 0 unspecified atom stereocenters. The molecule has 1 heterocycles. The largest absolute Gasteiger partial charge is 0.326 e. The normalized spacial score (nSPS) is 10.6. The van der Waals surface area contributed by atoms with Gasteiger partial charge >= 0.3 is 0 Å². The van der Waals surface area contributed by atoms with Crippen molar-refractivity contribution in [2.24, 2.45) is 0 Å². The molecule has 0 aliphatic carbocycles. The first kappa shape index (κ1) is 23.9. The second kappa shape index (κ2) is 11.3. The van der Waals surface area contributed by atoms with E-state index in [1.807, 2.05) is 29.6 Å². The molecule has 0 radical (unpaired) electrons. The van der Waals surface area contributed by atoms with E-state index >= 15 is 0 Å². The molecule has 0 bridgehead atoms. The summed E-state index contributed by atoms with van der Waals surface area (Å²) >= 11 is 8.56. The number of nitrogens with one attached hydrogen (secondary N) is 2. The summed E-state index contributed by atoms with van der Waals surface area (Å²) in [6.07, 6.45) is 0.257. The van der Waals surface area contributed by atoms with E-state index in [1.54, 1.807) is 36.4 Å². The van der Waals surface area contributed by atoms with E-state index in [1.165, 1.54) is 35.2 Å². The van der Waals surface area contributed by atoms with Gasteiger partial charge in [0.05, 0.1) is 17.9 Å². The number of carbonyl (C=O) groups is 2. The van der Waals surface area contributed by atoms with Gasteiger partial charge in [-0.05, 0) is 66.2 Å². The van der Waals surface area contributed by atoms with Crippen molar-refractivity contribution >= 4 is 57.3 Å². The monoisotopic (exact) mass is 511 g/mol. The Bertz CT molecular complexity index is 1280. The molecule has 0 aliphatic heterocycles. The van der Waals surface area contributed by atoms with Gasteiger partial charge in [0.1, 0.15) is 5.82 Å². The third-order valence-corrected chi connectivity index (χ3v) is 6.70. The molecule has 4 aromatic rings. The highest BCUT2D eigenvalue weighted by Crippen LogP contribution is 2.26. The summed E-state index contributed by atoms with van der Waals surface area (Å²) in [6, 6.07) is 20.5. The zero-order chi connectivity index (χ0) is 23.9. The molecule has 4 rings (SSSR count). The predicted octanol–water partition coefficient (Wildman–Crippen LogP) is 6.51. The molecular weight excluding hydrogens is 493 g/mol. The highest BCUT2D eigenvalue weighted by molar-refractivity contribution is 8.00.